The first-order valence-corrected chi connectivity index (χ1v) is 10.9. The molecule has 0 radical (unpaired) electrons. The number of aromatic nitrogens is 2. The average molecular weight is 459 g/mol. The first-order chi connectivity index (χ1) is 15.0. The van der Waals surface area contributed by atoms with Crippen molar-refractivity contribution in [1.82, 2.24) is 14.5 Å². The zero-order chi connectivity index (χ0) is 22.0. The summed E-state index contributed by atoms with van der Waals surface area (Å²) in [6.45, 7) is 3.54. The van der Waals surface area contributed by atoms with Crippen molar-refractivity contribution in [1.29, 1.82) is 0 Å². The van der Waals surface area contributed by atoms with Crippen LogP contribution in [0.3, 0.4) is 0 Å². The molecule has 0 bridgehead atoms. The third kappa shape index (κ3) is 4.77. The normalized spacial score (nSPS) is 14.0. The largest absolute Gasteiger partial charge is 0.396 e. The topological polar surface area (TPSA) is 61.6 Å². The summed E-state index contributed by atoms with van der Waals surface area (Å²) in [5, 5.41) is 10.3. The Balaban J connectivity index is 1.80. The smallest absolute Gasteiger partial charge is 0.259 e. The summed E-state index contributed by atoms with van der Waals surface area (Å²) in [5.41, 5.74) is 3.17. The van der Waals surface area contributed by atoms with Crippen LogP contribution in [0, 0.1) is 6.92 Å². The quantitative estimate of drug-likeness (QED) is 0.599. The number of nitrogens with zero attached hydrogens (tertiary/aromatic N) is 4. The van der Waals surface area contributed by atoms with E-state index in [2.05, 4.69) is 4.90 Å². The van der Waals surface area contributed by atoms with Gasteiger partial charge in [-0.25, -0.2) is 4.98 Å². The molecule has 0 saturated heterocycles. The Bertz CT molecular complexity index is 1110. The molecule has 3 aromatic rings. The van der Waals surface area contributed by atoms with E-state index in [-0.39, 0.29) is 12.2 Å². The lowest BCUT2D eigenvalue weighted by Crippen LogP contribution is -2.48. The molecular weight excluding hydrogens is 435 g/mol. The van der Waals surface area contributed by atoms with Crippen LogP contribution in [-0.2, 0) is 13.1 Å². The highest BCUT2D eigenvalue weighted by atomic mass is 35.5. The molecule has 162 valence electrons. The van der Waals surface area contributed by atoms with Crippen molar-refractivity contribution in [3.63, 3.8) is 0 Å². The van der Waals surface area contributed by atoms with Gasteiger partial charge in [0.05, 0.1) is 19.0 Å². The van der Waals surface area contributed by atoms with Crippen molar-refractivity contribution in [2.45, 2.75) is 26.4 Å². The van der Waals surface area contributed by atoms with Crippen LogP contribution in [0.5, 0.6) is 0 Å². The summed E-state index contributed by atoms with van der Waals surface area (Å²) >= 11 is 12.5. The second-order valence-electron chi connectivity index (χ2n) is 7.68. The van der Waals surface area contributed by atoms with Gasteiger partial charge in [-0.1, -0.05) is 53.5 Å². The van der Waals surface area contributed by atoms with Crippen LogP contribution in [0.25, 0.3) is 0 Å². The Kier molecular flexibility index (Phi) is 6.62. The molecule has 4 rings (SSSR count). The van der Waals surface area contributed by atoms with E-state index in [1.807, 2.05) is 54.3 Å². The fourth-order valence-electron chi connectivity index (χ4n) is 3.86. The Morgan fingerprint density at radius 3 is 2.45 bits per heavy atom. The molecule has 2 heterocycles. The molecule has 1 aliphatic rings. The van der Waals surface area contributed by atoms with E-state index >= 15 is 0 Å². The Labute approximate surface area is 191 Å². The Hall–Kier alpha value is -2.38. The maximum Gasteiger partial charge on any atom is 0.259 e. The maximum atomic E-state index is 13.5. The number of aliphatic hydroxyl groups is 1. The van der Waals surface area contributed by atoms with Gasteiger partial charge in [-0.05, 0) is 37.1 Å². The molecule has 1 aromatic heterocycles. The molecule has 0 amide bonds. The molecule has 2 aromatic carbocycles. The van der Waals surface area contributed by atoms with Crippen LogP contribution in [0.1, 0.15) is 23.2 Å². The van der Waals surface area contributed by atoms with Crippen molar-refractivity contribution in [3.05, 3.63) is 85.8 Å². The van der Waals surface area contributed by atoms with Crippen molar-refractivity contribution in [2.24, 2.45) is 0 Å². The van der Waals surface area contributed by atoms with Gasteiger partial charge in [-0.2, -0.15) is 0 Å². The highest BCUT2D eigenvalue weighted by molar-refractivity contribution is 6.35. The molecule has 0 fully saturated rings. The van der Waals surface area contributed by atoms with Crippen molar-refractivity contribution < 1.29 is 5.11 Å². The number of hydrogen-bond acceptors (Lipinski definition) is 5. The van der Waals surface area contributed by atoms with Gasteiger partial charge in [-0.15, -0.1) is 0 Å². The van der Waals surface area contributed by atoms with Crippen LogP contribution < -0.4 is 10.5 Å². The number of halogens is 2. The molecule has 0 aliphatic carbocycles. The van der Waals surface area contributed by atoms with Crippen LogP contribution in [0.15, 0.2) is 53.3 Å². The van der Waals surface area contributed by atoms with Crippen LogP contribution in [0.2, 0.25) is 10.0 Å². The second kappa shape index (κ2) is 9.40. The average Bonchev–Trinajstić information content (AvgIpc) is 2.75. The first-order valence-electron chi connectivity index (χ1n) is 10.2. The number of aliphatic hydroxyl groups excluding tert-OH is 1. The minimum atomic E-state index is -0.0572. The van der Waals surface area contributed by atoms with Crippen molar-refractivity contribution in [2.75, 3.05) is 24.7 Å². The molecule has 0 spiro atoms. The predicted molar refractivity (Wildman–Crippen MR) is 124 cm³/mol. The summed E-state index contributed by atoms with van der Waals surface area (Å²) in [6, 6.07) is 15.2. The molecular formula is C23H24Cl2N4O2. The molecule has 31 heavy (non-hydrogen) atoms. The molecule has 0 unspecified atom stereocenters. The van der Waals surface area contributed by atoms with E-state index in [0.717, 1.165) is 11.3 Å². The fraction of sp³-hybridized carbons (Fsp3) is 0.304. The highest BCUT2D eigenvalue weighted by Gasteiger charge is 2.28. The third-order valence-electron chi connectivity index (χ3n) is 5.39. The minimum Gasteiger partial charge on any atom is -0.396 e. The summed E-state index contributed by atoms with van der Waals surface area (Å²) in [6.07, 6.45) is 1.14. The maximum absolute atomic E-state index is 13.5. The fourth-order valence-corrected chi connectivity index (χ4v) is 4.37. The van der Waals surface area contributed by atoms with Crippen LogP contribution in [-0.4, -0.2) is 39.4 Å². The predicted octanol–water partition coefficient (Wildman–Crippen LogP) is 4.20. The number of aryl methyl sites for hydroxylation is 1. The number of benzene rings is 2. The lowest BCUT2D eigenvalue weighted by atomic mass is 10.1. The summed E-state index contributed by atoms with van der Waals surface area (Å²) in [4.78, 5) is 22.4. The van der Waals surface area contributed by atoms with Gasteiger partial charge in [0.1, 0.15) is 0 Å². The van der Waals surface area contributed by atoms with Gasteiger partial charge in [0.25, 0.3) is 5.56 Å². The summed E-state index contributed by atoms with van der Waals surface area (Å²) in [7, 11) is 0. The first kappa shape index (κ1) is 21.8. The van der Waals surface area contributed by atoms with Crippen molar-refractivity contribution in [3.8, 4) is 0 Å². The zero-order valence-electron chi connectivity index (χ0n) is 17.3. The third-order valence-corrected chi connectivity index (χ3v) is 5.83. The van der Waals surface area contributed by atoms with Crippen LogP contribution in [0.4, 0.5) is 11.6 Å². The molecule has 6 nitrogen and oxygen atoms in total. The number of hydrogen-bond donors (Lipinski definition) is 1. The lowest BCUT2D eigenvalue weighted by Gasteiger charge is -2.38. The molecule has 0 saturated carbocycles. The molecule has 1 aliphatic heterocycles. The van der Waals surface area contributed by atoms with Crippen LogP contribution >= 0.6 is 23.2 Å². The minimum absolute atomic E-state index is 0.0572. The lowest BCUT2D eigenvalue weighted by molar-refractivity contribution is 0.175. The SMILES string of the molecule is Cc1nc2n(c(=O)c1Cc1ccccc1)CN(CCCO)CN2c1cc(Cl)cc(Cl)c1. The Morgan fingerprint density at radius 1 is 1.06 bits per heavy atom. The zero-order valence-corrected chi connectivity index (χ0v) is 18.8. The van der Waals surface area contributed by atoms with Gasteiger partial charge in [0, 0.05) is 40.9 Å². The van der Waals surface area contributed by atoms with Gasteiger partial charge in [0.15, 0.2) is 0 Å². The standard InChI is InChI=1S/C23H24Cl2N4O2/c1-16-21(10-17-6-3-2-4-7-17)22(31)29-15-27(8-5-9-30)14-28(23(29)26-16)20-12-18(24)11-19(25)13-20/h2-4,6-7,11-13,30H,5,8-10,14-15H2,1H3. The number of anilines is 2. The molecule has 1 N–H and O–H groups in total. The van der Waals surface area contributed by atoms with E-state index in [4.69, 9.17) is 28.2 Å². The second-order valence-corrected chi connectivity index (χ2v) is 8.55. The van der Waals surface area contributed by atoms with Gasteiger partial charge < -0.3 is 5.11 Å². The van der Waals surface area contributed by atoms with E-state index in [1.54, 1.807) is 10.6 Å². The van der Waals surface area contributed by atoms with E-state index in [9.17, 15) is 9.90 Å². The van der Waals surface area contributed by atoms with Gasteiger partial charge in [0.2, 0.25) is 5.95 Å². The van der Waals surface area contributed by atoms with E-state index < -0.39 is 0 Å². The number of rotatable bonds is 6. The van der Waals surface area contributed by atoms with Crippen molar-refractivity contribution >= 4 is 34.8 Å². The highest BCUT2D eigenvalue weighted by Crippen LogP contribution is 2.32. The van der Waals surface area contributed by atoms with Gasteiger partial charge in [-0.3, -0.25) is 19.2 Å². The monoisotopic (exact) mass is 458 g/mol. The molecule has 0 atom stereocenters. The van der Waals surface area contributed by atoms with E-state index in [0.29, 0.717) is 60.0 Å². The van der Waals surface area contributed by atoms with E-state index in [1.165, 1.54) is 0 Å². The van der Waals surface area contributed by atoms with Gasteiger partial charge >= 0.3 is 0 Å². The number of fused-ring (bicyclic) bond motifs is 1. The molecule has 8 heteroatoms. The summed E-state index contributed by atoms with van der Waals surface area (Å²) in [5.74, 6) is 0.567. The summed E-state index contributed by atoms with van der Waals surface area (Å²) < 4.78 is 1.70. The Morgan fingerprint density at radius 2 is 1.77 bits per heavy atom.